The molecule has 32 heavy (non-hydrogen) atoms. The van der Waals surface area contributed by atoms with Gasteiger partial charge in [0.1, 0.15) is 6.23 Å². The van der Waals surface area contributed by atoms with Crippen molar-refractivity contribution in [2.24, 2.45) is 11.7 Å². The van der Waals surface area contributed by atoms with Crippen molar-refractivity contribution in [1.29, 1.82) is 0 Å². The van der Waals surface area contributed by atoms with Crippen LogP contribution in [0.3, 0.4) is 0 Å². The Balaban J connectivity index is 1.29. The Morgan fingerprint density at radius 1 is 1.16 bits per heavy atom. The minimum Gasteiger partial charge on any atom is -0.374 e. The van der Waals surface area contributed by atoms with Gasteiger partial charge in [0.2, 0.25) is 17.7 Å². The number of carbonyl (C=O) groups is 4. The predicted octanol–water partition coefficient (Wildman–Crippen LogP) is 0.142. The maximum atomic E-state index is 12.3. The number of urea groups is 1. The number of rotatable bonds is 5. The number of imide groups is 1. The number of nitrogens with one attached hydrogen (secondary N) is 3. The van der Waals surface area contributed by atoms with Crippen LogP contribution in [0.2, 0.25) is 0 Å². The summed E-state index contributed by atoms with van der Waals surface area (Å²) in [6.45, 7) is 0.718. The topological polar surface area (TPSA) is 154 Å². The van der Waals surface area contributed by atoms with Crippen LogP contribution < -0.4 is 21.7 Å². The van der Waals surface area contributed by atoms with Gasteiger partial charge in [-0.25, -0.2) is 4.79 Å². The number of hydrogen-bond donors (Lipinski definition) is 5. The number of hydrogen-bond acceptors (Lipinski definition) is 6. The van der Waals surface area contributed by atoms with Gasteiger partial charge in [-0.1, -0.05) is 18.2 Å². The van der Waals surface area contributed by atoms with Crippen molar-refractivity contribution in [1.82, 2.24) is 20.9 Å². The van der Waals surface area contributed by atoms with Crippen LogP contribution in [0.5, 0.6) is 0 Å². The zero-order valence-electron chi connectivity index (χ0n) is 17.8. The van der Waals surface area contributed by atoms with Crippen molar-refractivity contribution in [3.63, 3.8) is 0 Å². The zero-order valence-corrected chi connectivity index (χ0v) is 17.8. The normalized spacial score (nSPS) is 28.0. The highest BCUT2D eigenvalue weighted by Gasteiger charge is 2.39. The first kappa shape index (κ1) is 22.2. The van der Waals surface area contributed by atoms with E-state index in [2.05, 4.69) is 16.0 Å². The molecule has 6 N–H and O–H groups in total. The third-order valence-corrected chi connectivity index (χ3v) is 6.68. The molecule has 4 rings (SSSR count). The largest absolute Gasteiger partial charge is 0.374 e. The van der Waals surface area contributed by atoms with Crippen LogP contribution in [0.4, 0.5) is 4.79 Å². The van der Waals surface area contributed by atoms with Gasteiger partial charge in [0, 0.05) is 31.5 Å². The lowest BCUT2D eigenvalue weighted by atomic mass is 9.86. The molecule has 0 spiro atoms. The number of fused-ring (bicyclic) bond motifs is 1. The van der Waals surface area contributed by atoms with E-state index in [1.165, 1.54) is 0 Å². The number of nitrogens with zero attached hydrogens (tertiary/aromatic N) is 1. The van der Waals surface area contributed by atoms with Crippen LogP contribution in [-0.2, 0) is 27.5 Å². The fourth-order valence-electron chi connectivity index (χ4n) is 4.84. The highest BCUT2D eigenvalue weighted by atomic mass is 16.3. The summed E-state index contributed by atoms with van der Waals surface area (Å²) in [5, 5.41) is 18.8. The van der Waals surface area contributed by atoms with Crippen molar-refractivity contribution in [2.45, 2.75) is 69.9 Å². The summed E-state index contributed by atoms with van der Waals surface area (Å²) in [5.41, 5.74) is 7.85. The summed E-state index contributed by atoms with van der Waals surface area (Å²) in [5.74, 6) is -1.04. The average molecular weight is 444 g/mol. The van der Waals surface area contributed by atoms with Crippen molar-refractivity contribution in [2.75, 3.05) is 0 Å². The summed E-state index contributed by atoms with van der Waals surface area (Å²) in [6.07, 6.45) is 2.57. The lowest BCUT2D eigenvalue weighted by molar-refractivity contribution is -0.141. The molecule has 1 aliphatic carbocycles. The number of nitrogens with two attached hydrogens (primary N) is 1. The Morgan fingerprint density at radius 2 is 1.91 bits per heavy atom. The van der Waals surface area contributed by atoms with Crippen LogP contribution in [0.15, 0.2) is 18.2 Å². The van der Waals surface area contributed by atoms with Gasteiger partial charge < -0.3 is 21.5 Å². The fourth-order valence-corrected chi connectivity index (χ4v) is 4.84. The van der Waals surface area contributed by atoms with Gasteiger partial charge in [0.05, 0.1) is 6.04 Å². The van der Waals surface area contributed by atoms with E-state index in [1.54, 1.807) is 4.90 Å². The summed E-state index contributed by atoms with van der Waals surface area (Å²) in [4.78, 5) is 48.8. The quantitative estimate of drug-likeness (QED) is 0.408. The molecule has 2 unspecified atom stereocenters. The van der Waals surface area contributed by atoms with Crippen LogP contribution in [-0.4, -0.2) is 45.8 Å². The Bertz CT molecular complexity index is 927. The molecule has 2 atom stereocenters. The van der Waals surface area contributed by atoms with Crippen molar-refractivity contribution in [3.8, 4) is 0 Å². The Labute approximate surface area is 185 Å². The van der Waals surface area contributed by atoms with Crippen molar-refractivity contribution >= 4 is 23.8 Å². The first-order valence-corrected chi connectivity index (χ1v) is 11.0. The Hall–Kier alpha value is -2.98. The summed E-state index contributed by atoms with van der Waals surface area (Å²) in [6, 6.07) is 4.79. The zero-order chi connectivity index (χ0) is 22.8. The highest BCUT2D eigenvalue weighted by Crippen LogP contribution is 2.35. The van der Waals surface area contributed by atoms with Crippen LogP contribution >= 0.6 is 0 Å². The molecular formula is C22H29N5O5. The maximum absolute atomic E-state index is 12.3. The van der Waals surface area contributed by atoms with E-state index in [9.17, 15) is 24.3 Å². The number of benzene rings is 1. The molecule has 1 saturated heterocycles. The molecule has 10 nitrogen and oxygen atoms in total. The monoisotopic (exact) mass is 443 g/mol. The predicted molar refractivity (Wildman–Crippen MR) is 113 cm³/mol. The second-order valence-electron chi connectivity index (χ2n) is 8.82. The van der Waals surface area contributed by atoms with Crippen LogP contribution in [0, 0.1) is 5.92 Å². The third kappa shape index (κ3) is 4.76. The molecule has 0 bridgehead atoms. The second kappa shape index (κ2) is 9.25. The molecule has 1 aromatic rings. The van der Waals surface area contributed by atoms with E-state index < -0.39 is 12.3 Å². The van der Waals surface area contributed by atoms with Gasteiger partial charge in [0.15, 0.2) is 0 Å². The molecule has 0 aromatic heterocycles. The Morgan fingerprint density at radius 3 is 2.59 bits per heavy atom. The molecular weight excluding hydrogens is 414 g/mol. The molecule has 172 valence electrons. The average Bonchev–Trinajstić information content (AvgIpc) is 3.08. The maximum Gasteiger partial charge on any atom is 0.315 e. The lowest BCUT2D eigenvalue weighted by Gasteiger charge is -2.31. The fraction of sp³-hybridized carbons (Fsp3) is 0.545. The van der Waals surface area contributed by atoms with E-state index in [1.807, 2.05) is 18.2 Å². The van der Waals surface area contributed by atoms with Gasteiger partial charge in [-0.3, -0.25) is 24.6 Å². The second-order valence-corrected chi connectivity index (χ2v) is 8.82. The molecule has 1 saturated carbocycles. The number of aliphatic hydroxyl groups excluding tert-OH is 1. The summed E-state index contributed by atoms with van der Waals surface area (Å²) >= 11 is 0. The summed E-state index contributed by atoms with van der Waals surface area (Å²) < 4.78 is 0. The first-order valence-electron chi connectivity index (χ1n) is 11.0. The van der Waals surface area contributed by atoms with Crippen LogP contribution in [0.1, 0.15) is 61.4 Å². The molecule has 0 radical (unpaired) electrons. The molecule has 2 heterocycles. The number of carbonyl (C=O) groups excluding carboxylic acids is 4. The lowest BCUT2D eigenvalue weighted by Crippen LogP contribution is -2.51. The van der Waals surface area contributed by atoms with Gasteiger partial charge in [-0.2, -0.15) is 0 Å². The molecule has 5 amide bonds. The van der Waals surface area contributed by atoms with Crippen LogP contribution in [0.25, 0.3) is 0 Å². The highest BCUT2D eigenvalue weighted by molar-refractivity contribution is 6.00. The van der Waals surface area contributed by atoms with E-state index in [-0.39, 0.29) is 42.1 Å². The van der Waals surface area contributed by atoms with Gasteiger partial charge in [0.25, 0.3) is 0 Å². The minimum absolute atomic E-state index is 0.0304. The van der Waals surface area contributed by atoms with E-state index in [0.717, 1.165) is 29.5 Å². The standard InChI is InChI=1S/C22H29N5O5/c23-19(29)13-2-4-15(5-3-13)25-22(32)24-10-12-1-6-16-14(9-12)11-27(21(16)31)17-7-8-18(28)26-20(17)30/h1,6,9,13,15,17,21,31H,2-5,7-8,10-11H2,(H2,23,29)(H2,24,25,32)(H,26,28,30). The Kier molecular flexibility index (Phi) is 6.43. The van der Waals surface area contributed by atoms with Gasteiger partial charge >= 0.3 is 6.03 Å². The number of primary amides is 1. The first-order chi connectivity index (χ1) is 15.3. The van der Waals surface area contributed by atoms with Gasteiger partial charge in [-0.15, -0.1) is 0 Å². The molecule has 10 heteroatoms. The van der Waals surface area contributed by atoms with Crippen molar-refractivity contribution < 1.29 is 24.3 Å². The van der Waals surface area contributed by atoms with E-state index in [0.29, 0.717) is 32.4 Å². The molecule has 3 aliphatic rings. The van der Waals surface area contributed by atoms with Gasteiger partial charge in [-0.05, 0) is 48.8 Å². The van der Waals surface area contributed by atoms with E-state index >= 15 is 0 Å². The minimum atomic E-state index is -0.908. The molecule has 2 aliphatic heterocycles. The number of amides is 5. The molecule has 1 aromatic carbocycles. The number of piperidine rings is 1. The molecule has 2 fully saturated rings. The van der Waals surface area contributed by atoms with E-state index in [4.69, 9.17) is 5.73 Å². The number of aliphatic hydroxyl groups is 1. The smallest absolute Gasteiger partial charge is 0.315 e. The van der Waals surface area contributed by atoms with Crippen molar-refractivity contribution in [3.05, 3.63) is 34.9 Å². The SMILES string of the molecule is NC(=O)C1CCC(NC(=O)NCc2ccc3c(c2)CN(C2CCC(=O)NC2=O)C3O)CC1. The third-order valence-electron chi connectivity index (χ3n) is 6.68. The summed E-state index contributed by atoms with van der Waals surface area (Å²) in [7, 11) is 0.